The molecule has 0 aromatic heterocycles. The molecule has 0 heterocycles. The van der Waals surface area contributed by atoms with E-state index in [4.69, 9.17) is 15.2 Å². The third-order valence-electron chi connectivity index (χ3n) is 4.07. The van der Waals surface area contributed by atoms with Crippen molar-refractivity contribution >= 4 is 29.9 Å². The first-order valence-electron chi connectivity index (χ1n) is 9.06. The topological polar surface area (TPSA) is 89.1 Å². The molecule has 0 aliphatic carbocycles. The molecule has 0 radical (unpaired) electrons. The van der Waals surface area contributed by atoms with Crippen LogP contribution in [-0.2, 0) is 0 Å². The second kappa shape index (κ2) is 14.9. The molecular formula is C19H34IN3O3. The number of aliphatic imine (C=N–C) groups is 1. The second-order valence-corrected chi connectivity index (χ2v) is 6.04. The monoisotopic (exact) mass is 479 g/mol. The fourth-order valence-corrected chi connectivity index (χ4v) is 2.56. The van der Waals surface area contributed by atoms with Gasteiger partial charge in [-0.05, 0) is 24.6 Å². The number of methoxy groups -OCH3 is 2. The lowest BCUT2D eigenvalue weighted by atomic mass is 10.1. The van der Waals surface area contributed by atoms with E-state index in [1.165, 1.54) is 32.1 Å². The number of guanidine groups is 1. The highest BCUT2D eigenvalue weighted by Gasteiger charge is 2.14. The minimum absolute atomic E-state index is 0. The van der Waals surface area contributed by atoms with Gasteiger partial charge in [0.1, 0.15) is 17.6 Å². The van der Waals surface area contributed by atoms with Crippen LogP contribution in [0.5, 0.6) is 11.5 Å². The Morgan fingerprint density at radius 2 is 1.85 bits per heavy atom. The molecule has 1 rings (SSSR count). The van der Waals surface area contributed by atoms with Gasteiger partial charge in [-0.25, -0.2) is 0 Å². The van der Waals surface area contributed by atoms with E-state index >= 15 is 0 Å². The van der Waals surface area contributed by atoms with E-state index in [-0.39, 0.29) is 30.5 Å². The second-order valence-electron chi connectivity index (χ2n) is 6.04. The van der Waals surface area contributed by atoms with Crippen molar-refractivity contribution in [2.75, 3.05) is 27.3 Å². The molecule has 6 nitrogen and oxygen atoms in total. The van der Waals surface area contributed by atoms with Crippen LogP contribution >= 0.6 is 24.0 Å². The first-order valence-corrected chi connectivity index (χ1v) is 9.06. The molecule has 7 heteroatoms. The summed E-state index contributed by atoms with van der Waals surface area (Å²) in [6, 6.07) is 5.30. The van der Waals surface area contributed by atoms with Gasteiger partial charge < -0.3 is 25.6 Å². The molecule has 0 amide bonds. The Morgan fingerprint density at radius 1 is 1.15 bits per heavy atom. The van der Waals surface area contributed by atoms with Crippen LogP contribution in [0.3, 0.4) is 0 Å². The fourth-order valence-electron chi connectivity index (χ4n) is 2.56. The number of halogens is 1. The molecule has 0 bridgehead atoms. The predicted molar refractivity (Wildman–Crippen MR) is 118 cm³/mol. The van der Waals surface area contributed by atoms with Gasteiger partial charge in [-0.2, -0.15) is 0 Å². The van der Waals surface area contributed by atoms with Crippen molar-refractivity contribution in [3.8, 4) is 11.5 Å². The molecule has 0 saturated heterocycles. The summed E-state index contributed by atoms with van der Waals surface area (Å²) in [6.45, 7) is 3.19. The van der Waals surface area contributed by atoms with E-state index in [0.29, 0.717) is 23.0 Å². The summed E-state index contributed by atoms with van der Waals surface area (Å²) in [5.41, 5.74) is 6.49. The number of hydrogen-bond donors (Lipinski definition) is 3. The van der Waals surface area contributed by atoms with E-state index in [9.17, 15) is 5.11 Å². The van der Waals surface area contributed by atoms with E-state index in [1.54, 1.807) is 32.4 Å². The zero-order valence-electron chi connectivity index (χ0n) is 16.2. The number of ether oxygens (including phenoxy) is 2. The van der Waals surface area contributed by atoms with Gasteiger partial charge in [-0.3, -0.25) is 4.99 Å². The molecule has 1 aromatic carbocycles. The third kappa shape index (κ3) is 9.47. The van der Waals surface area contributed by atoms with Crippen molar-refractivity contribution in [2.24, 2.45) is 10.7 Å². The average Bonchev–Trinajstić information content (AvgIpc) is 2.64. The Kier molecular flexibility index (Phi) is 14.2. The van der Waals surface area contributed by atoms with E-state index < -0.39 is 6.10 Å². The van der Waals surface area contributed by atoms with Crippen molar-refractivity contribution in [2.45, 2.75) is 51.6 Å². The summed E-state index contributed by atoms with van der Waals surface area (Å²) in [7, 11) is 3.15. The Labute approximate surface area is 174 Å². The normalized spacial score (nSPS) is 12.2. The molecule has 0 fully saturated rings. The van der Waals surface area contributed by atoms with Crippen LogP contribution in [0.4, 0.5) is 0 Å². The highest BCUT2D eigenvalue weighted by molar-refractivity contribution is 14.0. The molecule has 0 aliphatic rings. The lowest BCUT2D eigenvalue weighted by Gasteiger charge is -2.15. The van der Waals surface area contributed by atoms with Gasteiger partial charge in [0.05, 0.1) is 20.8 Å². The van der Waals surface area contributed by atoms with Crippen molar-refractivity contribution in [1.29, 1.82) is 0 Å². The van der Waals surface area contributed by atoms with Gasteiger partial charge in [0.15, 0.2) is 5.96 Å². The van der Waals surface area contributed by atoms with Crippen molar-refractivity contribution < 1.29 is 14.6 Å². The molecule has 1 aromatic rings. The number of nitrogens with one attached hydrogen (secondary N) is 1. The minimum atomic E-state index is -0.806. The summed E-state index contributed by atoms with van der Waals surface area (Å²) >= 11 is 0. The largest absolute Gasteiger partial charge is 0.497 e. The van der Waals surface area contributed by atoms with E-state index in [2.05, 4.69) is 17.2 Å². The number of aliphatic hydroxyl groups excluding tert-OH is 1. The Balaban J connectivity index is 0.00000625. The van der Waals surface area contributed by atoms with Crippen LogP contribution in [0.2, 0.25) is 0 Å². The third-order valence-corrected chi connectivity index (χ3v) is 4.07. The molecule has 0 spiro atoms. The van der Waals surface area contributed by atoms with Crippen LogP contribution in [0.15, 0.2) is 23.2 Å². The van der Waals surface area contributed by atoms with Crippen LogP contribution in [-0.4, -0.2) is 38.4 Å². The summed E-state index contributed by atoms with van der Waals surface area (Å²) in [6.07, 6.45) is 6.60. The zero-order chi connectivity index (χ0) is 18.5. The number of aliphatic hydroxyl groups is 1. The Morgan fingerprint density at radius 3 is 2.50 bits per heavy atom. The van der Waals surface area contributed by atoms with Crippen molar-refractivity contribution in [3.63, 3.8) is 0 Å². The number of nitrogens with two attached hydrogens (primary N) is 1. The molecule has 26 heavy (non-hydrogen) atoms. The van der Waals surface area contributed by atoms with E-state index in [0.717, 1.165) is 13.0 Å². The average molecular weight is 479 g/mol. The number of benzene rings is 1. The smallest absolute Gasteiger partial charge is 0.188 e. The highest BCUT2D eigenvalue weighted by Crippen LogP contribution is 2.29. The minimum Gasteiger partial charge on any atom is -0.497 e. The lowest BCUT2D eigenvalue weighted by molar-refractivity contribution is 0.182. The number of nitrogens with zero attached hydrogens (tertiary/aromatic N) is 1. The zero-order valence-corrected chi connectivity index (χ0v) is 18.5. The fraction of sp³-hybridized carbons (Fsp3) is 0.632. The highest BCUT2D eigenvalue weighted by atomic mass is 127. The summed E-state index contributed by atoms with van der Waals surface area (Å²) in [4.78, 5) is 4.22. The maximum absolute atomic E-state index is 10.4. The Hall–Kier alpha value is -1.22. The van der Waals surface area contributed by atoms with Gasteiger partial charge in [0, 0.05) is 12.1 Å². The lowest BCUT2D eigenvalue weighted by Crippen LogP contribution is -2.32. The molecule has 0 saturated carbocycles. The maximum atomic E-state index is 10.4. The summed E-state index contributed by atoms with van der Waals surface area (Å²) in [5.74, 6) is 1.62. The van der Waals surface area contributed by atoms with Gasteiger partial charge in [-0.1, -0.05) is 39.0 Å². The number of unbranched alkanes of at least 4 members (excludes halogenated alkanes) is 5. The maximum Gasteiger partial charge on any atom is 0.188 e. The first-order chi connectivity index (χ1) is 12.1. The number of hydrogen-bond acceptors (Lipinski definition) is 4. The molecular weight excluding hydrogens is 445 g/mol. The van der Waals surface area contributed by atoms with Crippen LogP contribution in [0, 0.1) is 0 Å². The quantitative estimate of drug-likeness (QED) is 0.185. The molecule has 4 N–H and O–H groups in total. The number of rotatable bonds is 12. The van der Waals surface area contributed by atoms with Gasteiger partial charge in [-0.15, -0.1) is 24.0 Å². The van der Waals surface area contributed by atoms with Crippen LogP contribution in [0.25, 0.3) is 0 Å². The molecule has 0 aliphatic heterocycles. The summed E-state index contributed by atoms with van der Waals surface area (Å²) < 4.78 is 10.5. The van der Waals surface area contributed by atoms with Gasteiger partial charge >= 0.3 is 0 Å². The first kappa shape index (κ1) is 24.8. The van der Waals surface area contributed by atoms with Crippen molar-refractivity contribution in [1.82, 2.24) is 5.32 Å². The van der Waals surface area contributed by atoms with Gasteiger partial charge in [0.25, 0.3) is 0 Å². The van der Waals surface area contributed by atoms with Crippen LogP contribution in [0.1, 0.15) is 57.1 Å². The van der Waals surface area contributed by atoms with Crippen molar-refractivity contribution in [3.05, 3.63) is 23.8 Å². The van der Waals surface area contributed by atoms with Crippen LogP contribution < -0.4 is 20.5 Å². The van der Waals surface area contributed by atoms with E-state index in [1.807, 2.05) is 0 Å². The summed E-state index contributed by atoms with van der Waals surface area (Å²) in [5, 5.41) is 13.5. The molecule has 1 atom stereocenters. The molecule has 1 unspecified atom stereocenters. The SMILES string of the molecule is CCCCCCCCNC(N)=NCC(O)c1cc(OC)ccc1OC.I. The molecule has 150 valence electrons. The Bertz CT molecular complexity index is 527. The predicted octanol–water partition coefficient (Wildman–Crippen LogP) is 3.62. The van der Waals surface area contributed by atoms with Gasteiger partial charge in [0.2, 0.25) is 0 Å². The standard InChI is InChI=1S/C19H33N3O3.HI/c1-4-5-6-7-8-9-12-21-19(20)22-14-17(23)16-13-15(24-2)10-11-18(16)25-3;/h10-11,13,17,23H,4-9,12,14H2,1-3H3,(H3,20,21,22);1H.